The first kappa shape index (κ1) is 21.7. The molecule has 3 aliphatic rings. The van der Waals surface area contributed by atoms with Crippen LogP contribution in [0.5, 0.6) is 0 Å². The monoisotopic (exact) mass is 396 g/mol. The lowest BCUT2D eigenvalue weighted by Gasteiger charge is -2.28. The third-order valence-electron chi connectivity index (χ3n) is 6.31. The summed E-state index contributed by atoms with van der Waals surface area (Å²) in [6.07, 6.45) is 13.2. The quantitative estimate of drug-likeness (QED) is 0.358. The number of allylic oxidation sites excluding steroid dienone is 1. The maximum atomic E-state index is 9.51. The molecule has 29 heavy (non-hydrogen) atoms. The highest BCUT2D eigenvalue weighted by molar-refractivity contribution is 5.33. The van der Waals surface area contributed by atoms with Gasteiger partial charge in [0.2, 0.25) is 0 Å². The molecule has 0 aromatic carbocycles. The zero-order valence-corrected chi connectivity index (χ0v) is 17.9. The molecule has 158 valence electrons. The minimum Gasteiger partial charge on any atom is -0.365 e. The Hall–Kier alpha value is -2.02. The summed E-state index contributed by atoms with van der Waals surface area (Å²) in [5.74, 6) is 0.886. The highest BCUT2D eigenvalue weighted by Crippen LogP contribution is 2.24. The summed E-state index contributed by atoms with van der Waals surface area (Å²) >= 11 is 0. The van der Waals surface area contributed by atoms with Crippen molar-refractivity contribution < 1.29 is 0 Å². The van der Waals surface area contributed by atoms with E-state index in [1.807, 2.05) is 0 Å². The van der Waals surface area contributed by atoms with Gasteiger partial charge in [-0.1, -0.05) is 25.0 Å². The second-order valence-corrected chi connectivity index (χ2v) is 8.39. The molecule has 6 nitrogen and oxygen atoms in total. The maximum absolute atomic E-state index is 9.51. The van der Waals surface area contributed by atoms with Gasteiger partial charge in [-0.25, -0.2) is 10.1 Å². The van der Waals surface area contributed by atoms with Crippen LogP contribution >= 0.6 is 0 Å². The van der Waals surface area contributed by atoms with Gasteiger partial charge < -0.3 is 14.7 Å². The zero-order chi connectivity index (χ0) is 20.3. The van der Waals surface area contributed by atoms with E-state index < -0.39 is 0 Å². The van der Waals surface area contributed by atoms with Gasteiger partial charge >= 0.3 is 5.70 Å². The van der Waals surface area contributed by atoms with Crippen LogP contribution in [0.2, 0.25) is 0 Å². The lowest BCUT2D eigenvalue weighted by molar-refractivity contribution is 0.251. The maximum Gasteiger partial charge on any atom is 0.300 e. The molecule has 3 aliphatic heterocycles. The van der Waals surface area contributed by atoms with Crippen molar-refractivity contribution in [2.75, 3.05) is 65.4 Å². The van der Waals surface area contributed by atoms with Gasteiger partial charge in [-0.2, -0.15) is 0 Å². The van der Waals surface area contributed by atoms with E-state index in [2.05, 4.69) is 42.7 Å². The first-order valence-electron chi connectivity index (χ1n) is 11.4. The topological polar surface area (TPSA) is 41.1 Å². The van der Waals surface area contributed by atoms with E-state index in [9.17, 15) is 5.26 Å². The molecule has 2 saturated heterocycles. The molecule has 0 amide bonds. The van der Waals surface area contributed by atoms with Crippen molar-refractivity contribution >= 4 is 0 Å². The number of likely N-dealkylation sites (tertiary alicyclic amines) is 1. The van der Waals surface area contributed by atoms with Gasteiger partial charge in [0.1, 0.15) is 5.82 Å². The Bertz CT molecular complexity index is 631. The van der Waals surface area contributed by atoms with E-state index in [0.717, 1.165) is 77.4 Å². The molecule has 0 aliphatic carbocycles. The fourth-order valence-electron chi connectivity index (χ4n) is 4.74. The fraction of sp³-hybridized carbons (Fsp3) is 0.739. The van der Waals surface area contributed by atoms with Crippen molar-refractivity contribution in [2.45, 2.75) is 44.9 Å². The normalized spacial score (nSPS) is 23.0. The predicted octanol–water partition coefficient (Wildman–Crippen LogP) is 3.13. The molecule has 0 unspecified atom stereocenters. The Balaban J connectivity index is 1.50. The molecule has 2 fully saturated rings. The molecule has 0 aromatic rings. The molecule has 6 heteroatoms. The Morgan fingerprint density at radius 1 is 0.862 bits per heavy atom. The second kappa shape index (κ2) is 11.9. The Kier molecular flexibility index (Phi) is 8.86. The number of rotatable bonds is 8. The Labute approximate surface area is 176 Å². The highest BCUT2D eigenvalue weighted by Gasteiger charge is 2.28. The van der Waals surface area contributed by atoms with E-state index in [4.69, 9.17) is 6.57 Å². The molecule has 0 atom stereocenters. The van der Waals surface area contributed by atoms with Crippen molar-refractivity contribution in [2.24, 2.45) is 0 Å². The van der Waals surface area contributed by atoms with Crippen molar-refractivity contribution in [1.82, 2.24) is 19.6 Å². The van der Waals surface area contributed by atoms with Crippen LogP contribution in [-0.2, 0) is 0 Å². The lowest BCUT2D eigenvalue weighted by Crippen LogP contribution is -2.32. The van der Waals surface area contributed by atoms with E-state index >= 15 is 0 Å². The Morgan fingerprint density at radius 3 is 2.07 bits per heavy atom. The van der Waals surface area contributed by atoms with Gasteiger partial charge in [-0.3, -0.25) is 4.90 Å². The average molecular weight is 397 g/mol. The van der Waals surface area contributed by atoms with Crippen LogP contribution in [-0.4, -0.2) is 85.0 Å². The molecule has 3 rings (SSSR count). The molecule has 0 bridgehead atoms. The van der Waals surface area contributed by atoms with Gasteiger partial charge in [-0.05, 0) is 51.7 Å². The van der Waals surface area contributed by atoms with E-state index in [1.54, 1.807) is 0 Å². The number of nitriles is 1. The van der Waals surface area contributed by atoms with Crippen LogP contribution in [0.3, 0.4) is 0 Å². The van der Waals surface area contributed by atoms with Crippen LogP contribution < -0.4 is 0 Å². The predicted molar refractivity (Wildman–Crippen MR) is 117 cm³/mol. The summed E-state index contributed by atoms with van der Waals surface area (Å²) in [6, 6.07) is 2.15. The smallest absolute Gasteiger partial charge is 0.300 e. The van der Waals surface area contributed by atoms with Crippen LogP contribution in [0.15, 0.2) is 23.7 Å². The first-order chi connectivity index (χ1) is 14.3. The highest BCUT2D eigenvalue weighted by atomic mass is 15.4. The minimum atomic E-state index is 0.262. The van der Waals surface area contributed by atoms with Crippen LogP contribution in [0.4, 0.5) is 0 Å². The summed E-state index contributed by atoms with van der Waals surface area (Å²) in [6.45, 7) is 18.1. The molecule has 0 aromatic heterocycles. The standard InChI is InChI=1S/C23H36N6/c1-25-22(21-24)23-28(17-9-15-26-11-5-2-3-6-12-26)19-20-29(23)18-10-16-27-13-7-4-8-14-27/h4,7H,2-3,5-6,8-20H2. The molecular weight excluding hydrogens is 360 g/mol. The summed E-state index contributed by atoms with van der Waals surface area (Å²) in [7, 11) is 0. The van der Waals surface area contributed by atoms with Gasteiger partial charge in [0.25, 0.3) is 0 Å². The van der Waals surface area contributed by atoms with E-state index in [0.29, 0.717) is 0 Å². The van der Waals surface area contributed by atoms with Crippen LogP contribution in [0, 0.1) is 17.9 Å². The van der Waals surface area contributed by atoms with Crippen LogP contribution in [0.25, 0.3) is 4.85 Å². The van der Waals surface area contributed by atoms with E-state index in [-0.39, 0.29) is 5.70 Å². The molecular formula is C23H36N6. The van der Waals surface area contributed by atoms with Crippen molar-refractivity contribution in [3.05, 3.63) is 35.1 Å². The van der Waals surface area contributed by atoms with E-state index in [1.165, 1.54) is 38.8 Å². The number of hydrogen-bond donors (Lipinski definition) is 0. The third-order valence-corrected chi connectivity index (χ3v) is 6.31. The molecule has 0 saturated carbocycles. The van der Waals surface area contributed by atoms with Crippen molar-refractivity contribution in [3.8, 4) is 6.07 Å². The average Bonchev–Trinajstić information content (AvgIpc) is 2.96. The zero-order valence-electron chi connectivity index (χ0n) is 17.9. The SMILES string of the molecule is [C-]#[N+]C(C#N)=C1N(CCCN2CC=CCC2)CCN1CCCN1CCCCCC1. The van der Waals surface area contributed by atoms with Gasteiger partial charge in [0, 0.05) is 45.8 Å². The van der Waals surface area contributed by atoms with Crippen molar-refractivity contribution in [1.29, 1.82) is 5.26 Å². The summed E-state index contributed by atoms with van der Waals surface area (Å²) < 4.78 is 0. The minimum absolute atomic E-state index is 0.262. The first-order valence-corrected chi connectivity index (χ1v) is 11.4. The largest absolute Gasteiger partial charge is 0.365 e. The summed E-state index contributed by atoms with van der Waals surface area (Å²) in [5, 5.41) is 9.51. The molecule has 0 N–H and O–H groups in total. The third kappa shape index (κ3) is 6.49. The molecule has 0 radical (unpaired) electrons. The molecule has 3 heterocycles. The van der Waals surface area contributed by atoms with Gasteiger partial charge in [0.15, 0.2) is 0 Å². The van der Waals surface area contributed by atoms with Crippen LogP contribution in [0.1, 0.15) is 44.9 Å². The molecule has 0 spiro atoms. The second-order valence-electron chi connectivity index (χ2n) is 8.39. The fourth-order valence-corrected chi connectivity index (χ4v) is 4.74. The lowest BCUT2D eigenvalue weighted by atomic mass is 10.2. The number of nitrogens with zero attached hydrogens (tertiary/aromatic N) is 6. The van der Waals surface area contributed by atoms with Gasteiger partial charge in [-0.15, -0.1) is 0 Å². The van der Waals surface area contributed by atoms with Gasteiger partial charge in [0.05, 0.1) is 12.6 Å². The number of hydrogen-bond acceptors (Lipinski definition) is 5. The Morgan fingerprint density at radius 2 is 1.52 bits per heavy atom. The summed E-state index contributed by atoms with van der Waals surface area (Å²) in [4.78, 5) is 13.2. The van der Waals surface area contributed by atoms with Crippen molar-refractivity contribution in [3.63, 3.8) is 0 Å². The summed E-state index contributed by atoms with van der Waals surface area (Å²) in [5.41, 5.74) is 0.262.